The zero-order valence-corrected chi connectivity index (χ0v) is 14.3. The molecule has 126 valence electrons. The summed E-state index contributed by atoms with van der Waals surface area (Å²) in [7, 11) is -3.49. The highest BCUT2D eigenvalue weighted by Gasteiger charge is 2.35. The van der Waals surface area contributed by atoms with Crippen molar-refractivity contribution in [3.05, 3.63) is 34.9 Å². The Morgan fingerprint density at radius 3 is 2.61 bits per heavy atom. The van der Waals surface area contributed by atoms with Gasteiger partial charge in [0, 0.05) is 43.7 Å². The van der Waals surface area contributed by atoms with E-state index in [-0.39, 0.29) is 18.4 Å². The number of hydrogen-bond donors (Lipinski definition) is 1. The van der Waals surface area contributed by atoms with Crippen LogP contribution in [0.2, 0.25) is 5.02 Å². The van der Waals surface area contributed by atoms with Gasteiger partial charge < -0.3 is 4.90 Å². The number of amides is 1. The van der Waals surface area contributed by atoms with Crippen molar-refractivity contribution in [2.75, 3.05) is 19.6 Å². The second-order valence-electron chi connectivity index (χ2n) is 6.00. The molecule has 23 heavy (non-hydrogen) atoms. The van der Waals surface area contributed by atoms with Crippen LogP contribution in [0.15, 0.2) is 24.3 Å². The van der Waals surface area contributed by atoms with Gasteiger partial charge in [0.25, 0.3) is 10.2 Å². The maximum atomic E-state index is 12.3. The van der Waals surface area contributed by atoms with E-state index in [2.05, 4.69) is 4.72 Å². The summed E-state index contributed by atoms with van der Waals surface area (Å²) in [5.74, 6) is -0.0564. The summed E-state index contributed by atoms with van der Waals surface area (Å²) in [6, 6.07) is 6.98. The summed E-state index contributed by atoms with van der Waals surface area (Å²) in [6.45, 7) is 1.89. The van der Waals surface area contributed by atoms with Crippen LogP contribution < -0.4 is 4.72 Å². The Morgan fingerprint density at radius 1 is 1.22 bits per heavy atom. The van der Waals surface area contributed by atoms with Crippen LogP contribution in [0.1, 0.15) is 24.8 Å². The van der Waals surface area contributed by atoms with Gasteiger partial charge in [-0.1, -0.05) is 29.8 Å². The number of nitrogens with one attached hydrogen (secondary N) is 1. The van der Waals surface area contributed by atoms with E-state index in [1.165, 1.54) is 4.31 Å². The van der Waals surface area contributed by atoms with Crippen molar-refractivity contribution in [1.82, 2.24) is 13.9 Å². The fourth-order valence-electron chi connectivity index (χ4n) is 3.05. The Balaban J connectivity index is 1.62. The molecule has 1 aromatic rings. The quantitative estimate of drug-likeness (QED) is 0.865. The number of rotatable bonds is 5. The van der Waals surface area contributed by atoms with Crippen molar-refractivity contribution in [2.24, 2.45) is 0 Å². The number of likely N-dealkylation sites (tertiary alicyclic amines) is 1. The SMILES string of the molecule is O=C1C[C@H](NS(=O)(=O)N2CCCC2)CN1Cc1ccccc1Cl. The van der Waals surface area contributed by atoms with Crippen molar-refractivity contribution in [1.29, 1.82) is 0 Å². The smallest absolute Gasteiger partial charge is 0.279 e. The summed E-state index contributed by atoms with van der Waals surface area (Å²) in [5.41, 5.74) is 0.866. The van der Waals surface area contributed by atoms with E-state index in [0.29, 0.717) is 31.2 Å². The van der Waals surface area contributed by atoms with Crippen LogP contribution >= 0.6 is 11.6 Å². The maximum absolute atomic E-state index is 12.3. The summed E-state index contributed by atoms with van der Waals surface area (Å²) in [4.78, 5) is 13.8. The summed E-state index contributed by atoms with van der Waals surface area (Å²) in [5, 5.41) is 0.612. The Hall–Kier alpha value is -1.15. The van der Waals surface area contributed by atoms with Gasteiger partial charge in [0.15, 0.2) is 0 Å². The molecule has 1 amide bonds. The van der Waals surface area contributed by atoms with Crippen molar-refractivity contribution in [3.63, 3.8) is 0 Å². The van der Waals surface area contributed by atoms with E-state index >= 15 is 0 Å². The molecule has 0 saturated carbocycles. The lowest BCUT2D eigenvalue weighted by molar-refractivity contribution is -0.128. The second-order valence-corrected chi connectivity index (χ2v) is 8.11. The third-order valence-corrected chi connectivity index (χ3v) is 6.30. The molecule has 1 aromatic carbocycles. The maximum Gasteiger partial charge on any atom is 0.279 e. The molecule has 2 saturated heterocycles. The van der Waals surface area contributed by atoms with E-state index < -0.39 is 10.2 Å². The first-order chi connectivity index (χ1) is 11.0. The standard InChI is InChI=1S/C15H20ClN3O3S/c16-14-6-2-1-5-12(14)10-18-11-13(9-15(18)20)17-23(21,22)19-7-3-4-8-19/h1-2,5-6,13,17H,3-4,7-11H2/t13-/m0/s1. The van der Waals surface area contributed by atoms with Gasteiger partial charge in [0.2, 0.25) is 5.91 Å². The van der Waals surface area contributed by atoms with Crippen LogP contribution in [0.25, 0.3) is 0 Å². The Bertz CT molecular complexity index is 689. The van der Waals surface area contributed by atoms with Gasteiger partial charge in [-0.2, -0.15) is 17.4 Å². The van der Waals surface area contributed by atoms with Crippen LogP contribution in [0.5, 0.6) is 0 Å². The zero-order chi connectivity index (χ0) is 16.4. The first-order valence-corrected chi connectivity index (χ1v) is 9.56. The minimum absolute atomic E-state index is 0.0564. The average Bonchev–Trinajstić information content (AvgIpc) is 3.12. The average molecular weight is 358 g/mol. The predicted molar refractivity (Wildman–Crippen MR) is 88.1 cm³/mol. The molecule has 0 aliphatic carbocycles. The molecule has 1 atom stereocenters. The van der Waals surface area contributed by atoms with Gasteiger partial charge in [-0.25, -0.2) is 0 Å². The molecule has 0 spiro atoms. The van der Waals surface area contributed by atoms with Crippen molar-refractivity contribution >= 4 is 27.7 Å². The topological polar surface area (TPSA) is 69.7 Å². The minimum Gasteiger partial charge on any atom is -0.337 e. The number of carbonyl (C=O) groups is 1. The molecule has 2 aliphatic heterocycles. The molecule has 3 rings (SSSR count). The van der Waals surface area contributed by atoms with Gasteiger partial charge in [-0.05, 0) is 24.5 Å². The largest absolute Gasteiger partial charge is 0.337 e. The highest BCUT2D eigenvalue weighted by atomic mass is 35.5. The summed E-state index contributed by atoms with van der Waals surface area (Å²) in [6.07, 6.45) is 1.98. The Morgan fingerprint density at radius 2 is 1.91 bits per heavy atom. The van der Waals surface area contributed by atoms with Crippen LogP contribution in [-0.2, 0) is 21.5 Å². The molecule has 0 aromatic heterocycles. The molecule has 1 N–H and O–H groups in total. The molecular formula is C15H20ClN3O3S. The highest BCUT2D eigenvalue weighted by Crippen LogP contribution is 2.21. The first kappa shape index (κ1) is 16.7. The fraction of sp³-hybridized carbons (Fsp3) is 0.533. The Kier molecular flexibility index (Phi) is 4.91. The number of hydrogen-bond acceptors (Lipinski definition) is 3. The highest BCUT2D eigenvalue weighted by molar-refractivity contribution is 7.87. The van der Waals surface area contributed by atoms with Crippen molar-refractivity contribution in [3.8, 4) is 0 Å². The molecule has 2 aliphatic rings. The number of carbonyl (C=O) groups excluding carboxylic acids is 1. The summed E-state index contributed by atoms with van der Waals surface area (Å²) >= 11 is 6.12. The number of benzene rings is 1. The van der Waals surface area contributed by atoms with E-state index in [0.717, 1.165) is 18.4 Å². The fourth-order valence-corrected chi connectivity index (χ4v) is 4.71. The van der Waals surface area contributed by atoms with Gasteiger partial charge >= 0.3 is 0 Å². The van der Waals surface area contributed by atoms with Crippen molar-refractivity contribution < 1.29 is 13.2 Å². The first-order valence-electron chi connectivity index (χ1n) is 7.74. The lowest BCUT2D eigenvalue weighted by Crippen LogP contribution is -2.45. The molecule has 2 fully saturated rings. The third kappa shape index (κ3) is 3.85. The van der Waals surface area contributed by atoms with E-state index in [1.807, 2.05) is 18.2 Å². The Labute approximate surface area is 141 Å². The summed E-state index contributed by atoms with van der Waals surface area (Å²) < 4.78 is 28.7. The van der Waals surface area contributed by atoms with Gasteiger partial charge in [-0.3, -0.25) is 4.79 Å². The zero-order valence-electron chi connectivity index (χ0n) is 12.7. The van der Waals surface area contributed by atoms with Gasteiger partial charge in [0.1, 0.15) is 0 Å². The monoisotopic (exact) mass is 357 g/mol. The lowest BCUT2D eigenvalue weighted by Gasteiger charge is -2.20. The minimum atomic E-state index is -3.49. The molecule has 6 nitrogen and oxygen atoms in total. The van der Waals surface area contributed by atoms with Crippen LogP contribution in [0, 0.1) is 0 Å². The predicted octanol–water partition coefficient (Wildman–Crippen LogP) is 1.37. The second kappa shape index (κ2) is 6.76. The van der Waals surface area contributed by atoms with Crippen molar-refractivity contribution in [2.45, 2.75) is 31.8 Å². The molecule has 8 heteroatoms. The number of halogens is 1. The number of nitrogens with zero attached hydrogens (tertiary/aromatic N) is 2. The van der Waals surface area contributed by atoms with E-state index in [4.69, 9.17) is 11.6 Å². The molecule has 0 bridgehead atoms. The van der Waals surface area contributed by atoms with Crippen LogP contribution in [0.4, 0.5) is 0 Å². The van der Waals surface area contributed by atoms with E-state index in [9.17, 15) is 13.2 Å². The van der Waals surface area contributed by atoms with E-state index in [1.54, 1.807) is 11.0 Å². The van der Waals surface area contributed by atoms with Gasteiger partial charge in [-0.15, -0.1) is 0 Å². The molecule has 0 unspecified atom stereocenters. The van der Waals surface area contributed by atoms with Crippen LogP contribution in [0.3, 0.4) is 0 Å². The molecular weight excluding hydrogens is 338 g/mol. The van der Waals surface area contributed by atoms with Crippen LogP contribution in [-0.4, -0.2) is 49.2 Å². The third-order valence-electron chi connectivity index (χ3n) is 4.25. The normalized spacial score (nSPS) is 22.9. The molecule has 0 radical (unpaired) electrons. The van der Waals surface area contributed by atoms with Gasteiger partial charge in [0.05, 0.1) is 0 Å². The molecule has 2 heterocycles. The lowest BCUT2D eigenvalue weighted by atomic mass is 10.2.